The minimum Gasteiger partial charge on any atom is -0.507 e. The highest BCUT2D eigenvalue weighted by molar-refractivity contribution is 6.33. The summed E-state index contributed by atoms with van der Waals surface area (Å²) in [7, 11) is 0. The number of aromatic carboxylic acids is 1. The van der Waals surface area contributed by atoms with Gasteiger partial charge in [-0.1, -0.05) is 77.3 Å². The Morgan fingerprint density at radius 1 is 0.850 bits per heavy atom. The van der Waals surface area contributed by atoms with E-state index in [0.29, 0.717) is 49.8 Å². The Kier molecular flexibility index (Phi) is 8.99. The molecule has 4 aromatic carbocycles. The molecule has 0 spiro atoms. The summed E-state index contributed by atoms with van der Waals surface area (Å²) < 4.78 is 40.7. The van der Waals surface area contributed by atoms with Crippen LogP contribution in [0.4, 0.5) is 24.7 Å². The number of aromatic hydroxyl groups is 2. The van der Waals surface area contributed by atoms with Crippen molar-refractivity contribution in [3.05, 3.63) is 135 Å². The fourth-order valence-electron chi connectivity index (χ4n) is 9.78. The van der Waals surface area contributed by atoms with Gasteiger partial charge in [0.25, 0.3) is 11.8 Å². The number of fused-ring (bicyclic) bond motifs is 5. The zero-order chi connectivity index (χ0) is 42.6. The van der Waals surface area contributed by atoms with Gasteiger partial charge in [-0.2, -0.15) is 18.2 Å². The van der Waals surface area contributed by atoms with Gasteiger partial charge in [-0.05, 0) is 71.7 Å². The van der Waals surface area contributed by atoms with E-state index < -0.39 is 98.5 Å². The molecule has 3 heterocycles. The van der Waals surface area contributed by atoms with Gasteiger partial charge in [-0.15, -0.1) is 0 Å². The summed E-state index contributed by atoms with van der Waals surface area (Å²) in [5.41, 5.74) is 0.512. The van der Waals surface area contributed by atoms with E-state index in [1.807, 2.05) is 0 Å². The molecule has 2 aliphatic carbocycles. The molecule has 0 radical (unpaired) electrons. The summed E-state index contributed by atoms with van der Waals surface area (Å²) in [6.07, 6.45) is -2.61. The number of benzene rings is 4. The van der Waals surface area contributed by atoms with Gasteiger partial charge in [-0.3, -0.25) is 24.6 Å². The van der Waals surface area contributed by atoms with Gasteiger partial charge < -0.3 is 15.3 Å². The second-order valence-electron chi connectivity index (χ2n) is 15.2. The number of carbonyl (C=O) groups excluding carboxylic acids is 4. The lowest BCUT2D eigenvalue weighted by Gasteiger charge is -2.51. The fourth-order valence-corrected chi connectivity index (χ4v) is 10.1. The van der Waals surface area contributed by atoms with Crippen molar-refractivity contribution in [2.45, 2.75) is 30.4 Å². The molecule has 4 N–H and O–H groups in total. The number of allylic oxidation sites excluding steroid dienone is 2. The first-order valence-electron chi connectivity index (χ1n) is 18.5. The molecule has 304 valence electrons. The summed E-state index contributed by atoms with van der Waals surface area (Å²) in [4.78, 5) is 75.7. The van der Waals surface area contributed by atoms with Crippen molar-refractivity contribution in [2.24, 2.45) is 23.7 Å². The van der Waals surface area contributed by atoms with Gasteiger partial charge in [0.05, 0.1) is 39.4 Å². The Morgan fingerprint density at radius 2 is 1.57 bits per heavy atom. The fraction of sp³-hybridized carbons (Fsp3) is 0.209. The van der Waals surface area contributed by atoms with E-state index >= 15 is 9.59 Å². The molecule has 1 aromatic heterocycles. The van der Waals surface area contributed by atoms with Crippen molar-refractivity contribution >= 4 is 75.1 Å². The molecule has 2 saturated heterocycles. The largest absolute Gasteiger partial charge is 0.507 e. The van der Waals surface area contributed by atoms with Crippen LogP contribution in [0.15, 0.2) is 103 Å². The van der Waals surface area contributed by atoms with Crippen molar-refractivity contribution in [2.75, 3.05) is 10.3 Å². The monoisotopic (exact) mass is 856 g/mol. The van der Waals surface area contributed by atoms with Crippen molar-refractivity contribution in [1.82, 2.24) is 9.99 Å². The number of pyridine rings is 1. The Morgan fingerprint density at radius 3 is 2.23 bits per heavy atom. The normalized spacial score (nSPS) is 24.9. The molecule has 0 bridgehead atoms. The summed E-state index contributed by atoms with van der Waals surface area (Å²) >= 11 is 12.7. The number of hydrogen-bond donors (Lipinski definition) is 4. The smallest absolute Gasteiger partial charge is 0.417 e. The van der Waals surface area contributed by atoms with Gasteiger partial charge in [-0.25, -0.2) is 14.7 Å². The number of nitrogens with one attached hydrogen (secondary N) is 1. The van der Waals surface area contributed by atoms with E-state index in [1.165, 1.54) is 12.1 Å². The molecule has 17 heteroatoms. The van der Waals surface area contributed by atoms with Gasteiger partial charge in [0, 0.05) is 28.6 Å². The average molecular weight is 858 g/mol. The Balaban J connectivity index is 1.25. The highest BCUT2D eigenvalue weighted by atomic mass is 35.5. The molecule has 4 amide bonds. The van der Waals surface area contributed by atoms with Crippen molar-refractivity contribution < 1.29 is 52.5 Å². The number of carboxylic acids is 1. The van der Waals surface area contributed by atoms with Gasteiger partial charge in [0.1, 0.15) is 17.1 Å². The molecule has 4 aliphatic rings. The van der Waals surface area contributed by atoms with Crippen LogP contribution >= 0.6 is 23.2 Å². The first-order chi connectivity index (χ1) is 28.5. The second kappa shape index (κ2) is 13.8. The van der Waals surface area contributed by atoms with Crippen LogP contribution in [0.2, 0.25) is 10.0 Å². The Hall–Kier alpha value is -6.45. The predicted octanol–water partition coefficient (Wildman–Crippen LogP) is 7.86. The van der Waals surface area contributed by atoms with Gasteiger partial charge in [0.15, 0.2) is 5.82 Å². The number of carbonyl (C=O) groups is 5. The van der Waals surface area contributed by atoms with E-state index in [-0.39, 0.29) is 24.3 Å². The van der Waals surface area contributed by atoms with Crippen molar-refractivity contribution in [3.63, 3.8) is 0 Å². The maximum Gasteiger partial charge on any atom is 0.417 e. The number of imide groups is 2. The number of nitrogens with zero attached hydrogens (tertiary/aromatic N) is 3. The molecule has 6 atom stereocenters. The Labute approximate surface area is 347 Å². The third kappa shape index (κ3) is 5.66. The number of phenols is 2. The summed E-state index contributed by atoms with van der Waals surface area (Å²) in [5.74, 6) is -10.7. The van der Waals surface area contributed by atoms with Crippen LogP contribution in [-0.4, -0.2) is 54.9 Å². The number of carboxylic acid groups (broad SMARTS) is 1. The quantitative estimate of drug-likeness (QED) is 0.0971. The first-order valence-corrected chi connectivity index (χ1v) is 19.3. The molecular weight excluding hydrogens is 828 g/mol. The van der Waals surface area contributed by atoms with Crippen LogP contribution in [-0.2, 0) is 30.8 Å². The molecule has 6 unspecified atom stereocenters. The average Bonchev–Trinajstić information content (AvgIpc) is 3.59. The number of aromatic nitrogens is 1. The van der Waals surface area contributed by atoms with E-state index in [0.717, 1.165) is 17.0 Å². The number of phenolic OH excluding ortho intramolecular Hbond substituents is 1. The van der Waals surface area contributed by atoms with Crippen LogP contribution in [0.25, 0.3) is 10.8 Å². The minimum atomic E-state index is -4.79. The molecule has 12 nitrogen and oxygen atoms in total. The zero-order valence-electron chi connectivity index (χ0n) is 30.7. The van der Waals surface area contributed by atoms with Crippen LogP contribution in [0, 0.1) is 23.7 Å². The number of hydrazine groups is 1. The second-order valence-corrected chi connectivity index (χ2v) is 16.0. The molecule has 9 rings (SSSR count). The number of alkyl halides is 3. The summed E-state index contributed by atoms with van der Waals surface area (Å²) in [6.45, 7) is 0. The molecule has 1 saturated carbocycles. The van der Waals surface area contributed by atoms with Crippen molar-refractivity contribution in [3.8, 4) is 11.5 Å². The molecular formula is C43H29Cl2F3N4O8. The number of anilines is 2. The van der Waals surface area contributed by atoms with Crippen molar-refractivity contribution in [1.29, 1.82) is 0 Å². The lowest BCUT2D eigenvalue weighted by Crippen LogP contribution is -2.53. The topological polar surface area (TPSA) is 177 Å². The standard InChI is InChI=1S/C43H29Cl2F3N4O8/c44-21-7-5-19(6-8-21)42-30(38(56)52(41(42)60)50-36-31(45)15-20(18-49-36)43(46,47)48)17-29-26(35(42)25-13-14-32(53)24-4-2-1-3-23(24)25)11-12-28-34(29)39(57)51(37(28)55)22-9-10-27(40(58)59)33(54)16-22/h1-11,13-16,18,28-30,34-35,53-54H,12,17H2,(H,49,50)(H,58,59). The molecule has 3 fully saturated rings. The van der Waals surface area contributed by atoms with Crippen LogP contribution in [0.5, 0.6) is 11.5 Å². The van der Waals surface area contributed by atoms with Crippen LogP contribution < -0.4 is 10.3 Å². The Bertz CT molecular complexity index is 2760. The van der Waals surface area contributed by atoms with E-state index in [1.54, 1.807) is 60.7 Å². The molecule has 2 aliphatic heterocycles. The number of halogens is 5. The van der Waals surface area contributed by atoms with Gasteiger partial charge >= 0.3 is 12.1 Å². The molecule has 60 heavy (non-hydrogen) atoms. The third-order valence-corrected chi connectivity index (χ3v) is 12.8. The molecule has 5 aromatic rings. The SMILES string of the molecule is O=C(O)c1ccc(N2C(=O)C3CC=C4C(CC5C(=O)N(Nc6ncc(C(F)(F)F)cc6Cl)C(=O)C5(c5ccc(Cl)cc5)C4c4ccc(O)c5ccccc45)C3C2=O)cc1O. The van der Waals surface area contributed by atoms with E-state index in [2.05, 4.69) is 10.4 Å². The number of amides is 4. The lowest BCUT2D eigenvalue weighted by atomic mass is 9.49. The predicted molar refractivity (Wildman–Crippen MR) is 210 cm³/mol. The highest BCUT2D eigenvalue weighted by Gasteiger charge is 2.70. The maximum atomic E-state index is 15.5. The summed E-state index contributed by atoms with van der Waals surface area (Å²) in [6, 6.07) is 20.2. The number of rotatable bonds is 6. The minimum absolute atomic E-state index is 0.0276. The van der Waals surface area contributed by atoms with Crippen LogP contribution in [0.1, 0.15) is 45.8 Å². The zero-order valence-corrected chi connectivity index (χ0v) is 32.2. The summed E-state index contributed by atoms with van der Waals surface area (Å²) in [5, 5.41) is 32.4. The van der Waals surface area contributed by atoms with Gasteiger partial charge in [0.2, 0.25) is 11.8 Å². The maximum absolute atomic E-state index is 15.5. The van der Waals surface area contributed by atoms with E-state index in [4.69, 9.17) is 23.2 Å². The first kappa shape index (κ1) is 39.0. The lowest BCUT2D eigenvalue weighted by molar-refractivity contribution is -0.139. The van der Waals surface area contributed by atoms with E-state index in [9.17, 15) is 42.9 Å². The third-order valence-electron chi connectivity index (χ3n) is 12.3. The van der Waals surface area contributed by atoms with Crippen LogP contribution in [0.3, 0.4) is 0 Å². The number of hydrogen-bond acceptors (Lipinski definition) is 9. The highest BCUT2D eigenvalue weighted by Crippen LogP contribution is 2.65.